The highest BCUT2D eigenvalue weighted by Gasteiger charge is 2.43. The SMILES string of the molecule is CC1(C)CC(N(CCCCCCN(C2CC(C)(C)NC(C)(C)C2)C(C)(C)C)c2nc(N3CCOCC3)nc(C(C)(C)C)n2)CC(C)(C)N1. The molecule has 3 fully saturated rings. The highest BCUT2D eigenvalue weighted by molar-refractivity contribution is 5.42. The van der Waals surface area contributed by atoms with E-state index < -0.39 is 0 Å². The van der Waals surface area contributed by atoms with Crippen molar-refractivity contribution in [3.8, 4) is 0 Å². The fourth-order valence-electron chi connectivity index (χ4n) is 9.13. The summed E-state index contributed by atoms with van der Waals surface area (Å²) in [7, 11) is 0. The maximum absolute atomic E-state index is 5.67. The number of piperidine rings is 2. The van der Waals surface area contributed by atoms with Gasteiger partial charge < -0.3 is 25.2 Å². The van der Waals surface area contributed by atoms with Gasteiger partial charge in [0.25, 0.3) is 0 Å². The number of nitrogens with zero attached hydrogens (tertiary/aromatic N) is 6. The predicted molar refractivity (Wildman–Crippen MR) is 202 cm³/mol. The molecule has 0 radical (unpaired) electrons. The molecular formula is C39H74N8O. The summed E-state index contributed by atoms with van der Waals surface area (Å²) in [6, 6.07) is 0.951. The van der Waals surface area contributed by atoms with Gasteiger partial charge in [-0.1, -0.05) is 33.6 Å². The van der Waals surface area contributed by atoms with E-state index in [2.05, 4.69) is 122 Å². The monoisotopic (exact) mass is 671 g/mol. The fourth-order valence-corrected chi connectivity index (χ4v) is 9.13. The summed E-state index contributed by atoms with van der Waals surface area (Å²) in [4.78, 5) is 23.1. The van der Waals surface area contributed by atoms with Crippen LogP contribution in [0.2, 0.25) is 0 Å². The summed E-state index contributed by atoms with van der Waals surface area (Å²) < 4.78 is 5.67. The van der Waals surface area contributed by atoms with E-state index in [0.717, 1.165) is 63.2 Å². The first-order valence-corrected chi connectivity index (χ1v) is 19.2. The molecule has 4 heterocycles. The predicted octanol–water partition coefficient (Wildman–Crippen LogP) is 7.09. The summed E-state index contributed by atoms with van der Waals surface area (Å²) in [5.74, 6) is 2.53. The first-order chi connectivity index (χ1) is 22.0. The molecule has 48 heavy (non-hydrogen) atoms. The molecule has 1 aromatic heterocycles. The van der Waals surface area contributed by atoms with Crippen LogP contribution in [0.1, 0.15) is 154 Å². The second kappa shape index (κ2) is 14.6. The van der Waals surface area contributed by atoms with Crippen LogP contribution >= 0.6 is 0 Å². The largest absolute Gasteiger partial charge is 0.378 e. The molecule has 4 rings (SSSR count). The third kappa shape index (κ3) is 11.0. The Morgan fingerprint density at radius 3 is 1.62 bits per heavy atom. The fraction of sp³-hybridized carbons (Fsp3) is 0.923. The first kappa shape index (κ1) is 39.2. The highest BCUT2D eigenvalue weighted by atomic mass is 16.5. The number of hydrogen-bond donors (Lipinski definition) is 2. The van der Waals surface area contributed by atoms with Crippen LogP contribution in [0.3, 0.4) is 0 Å². The standard InChI is InChI=1S/C39H74N8O/c1-34(2,3)31-40-32(45-21-23-48-24-22-45)42-33(41-31)46(29-25-36(7,8)43-37(9,10)26-29)19-17-15-16-18-20-47(35(4,5)6)30-27-38(11,12)44-39(13,14)28-30/h29-30,43-44H,15-28H2,1-14H3. The second-order valence-electron chi connectivity index (χ2n) is 20.0. The van der Waals surface area contributed by atoms with E-state index >= 15 is 0 Å². The van der Waals surface area contributed by atoms with Crippen molar-refractivity contribution in [1.82, 2.24) is 30.5 Å². The molecule has 0 atom stereocenters. The van der Waals surface area contributed by atoms with Gasteiger partial charge in [-0.25, -0.2) is 0 Å². The number of aromatic nitrogens is 3. The Morgan fingerprint density at radius 1 is 0.667 bits per heavy atom. The minimum Gasteiger partial charge on any atom is -0.378 e. The van der Waals surface area contributed by atoms with Crippen LogP contribution in [0, 0.1) is 0 Å². The van der Waals surface area contributed by atoms with Crippen molar-refractivity contribution in [3.05, 3.63) is 5.82 Å². The van der Waals surface area contributed by atoms with Gasteiger partial charge in [-0.05, 0) is 121 Å². The van der Waals surface area contributed by atoms with Crippen LogP contribution in [0.5, 0.6) is 0 Å². The number of nitrogens with one attached hydrogen (secondary N) is 2. The lowest BCUT2D eigenvalue weighted by atomic mass is 9.78. The Morgan fingerprint density at radius 2 is 1.15 bits per heavy atom. The lowest BCUT2D eigenvalue weighted by Gasteiger charge is -2.53. The van der Waals surface area contributed by atoms with Gasteiger partial charge in [0.1, 0.15) is 5.82 Å². The number of hydrogen-bond acceptors (Lipinski definition) is 9. The summed E-state index contributed by atoms with van der Waals surface area (Å²) >= 11 is 0. The molecule has 0 saturated carbocycles. The molecule has 1 aromatic rings. The van der Waals surface area contributed by atoms with Crippen molar-refractivity contribution in [1.29, 1.82) is 0 Å². The lowest BCUT2D eigenvalue weighted by molar-refractivity contribution is 0.0111. The zero-order chi connectivity index (χ0) is 35.8. The van der Waals surface area contributed by atoms with Crippen LogP contribution in [-0.2, 0) is 10.2 Å². The minimum absolute atomic E-state index is 0.0335. The molecule has 0 aromatic carbocycles. The van der Waals surface area contributed by atoms with Crippen molar-refractivity contribution in [2.45, 2.75) is 193 Å². The zero-order valence-electron chi connectivity index (χ0n) is 33.6. The third-order valence-corrected chi connectivity index (χ3v) is 10.5. The van der Waals surface area contributed by atoms with Crippen LogP contribution in [0.25, 0.3) is 0 Å². The molecule has 9 heteroatoms. The van der Waals surface area contributed by atoms with Crippen LogP contribution in [0.15, 0.2) is 0 Å². The van der Waals surface area contributed by atoms with Gasteiger partial charge >= 0.3 is 0 Å². The van der Waals surface area contributed by atoms with Crippen molar-refractivity contribution < 1.29 is 4.74 Å². The third-order valence-electron chi connectivity index (χ3n) is 10.5. The molecule has 0 amide bonds. The van der Waals surface area contributed by atoms with E-state index in [4.69, 9.17) is 19.7 Å². The van der Waals surface area contributed by atoms with Crippen molar-refractivity contribution in [2.24, 2.45) is 0 Å². The van der Waals surface area contributed by atoms with Gasteiger partial charge in [0.15, 0.2) is 0 Å². The first-order valence-electron chi connectivity index (χ1n) is 19.2. The van der Waals surface area contributed by atoms with Gasteiger partial charge in [0, 0.05) is 64.8 Å². The van der Waals surface area contributed by atoms with E-state index in [1.54, 1.807) is 0 Å². The van der Waals surface area contributed by atoms with E-state index in [9.17, 15) is 0 Å². The summed E-state index contributed by atoms with van der Waals surface area (Å²) in [5, 5.41) is 7.79. The number of morpholine rings is 1. The summed E-state index contributed by atoms with van der Waals surface area (Å²) in [5.41, 5.74) is 0.356. The minimum atomic E-state index is -0.172. The van der Waals surface area contributed by atoms with E-state index in [1.807, 2.05) is 0 Å². The quantitative estimate of drug-likeness (QED) is 0.240. The highest BCUT2D eigenvalue weighted by Crippen LogP contribution is 2.36. The van der Waals surface area contributed by atoms with Gasteiger partial charge in [-0.2, -0.15) is 15.0 Å². The van der Waals surface area contributed by atoms with E-state index in [0.29, 0.717) is 25.3 Å². The van der Waals surface area contributed by atoms with Gasteiger partial charge in [0.2, 0.25) is 11.9 Å². The topological polar surface area (TPSA) is 81.7 Å². The molecule has 3 saturated heterocycles. The molecule has 0 unspecified atom stereocenters. The Balaban J connectivity index is 1.50. The molecule has 9 nitrogen and oxygen atoms in total. The molecule has 2 N–H and O–H groups in total. The number of unbranched alkanes of at least 4 members (excludes halogenated alkanes) is 3. The molecule has 0 aliphatic carbocycles. The van der Waals surface area contributed by atoms with Crippen molar-refractivity contribution in [3.63, 3.8) is 0 Å². The average Bonchev–Trinajstić information content (AvgIpc) is 2.90. The van der Waals surface area contributed by atoms with Gasteiger partial charge in [-0.15, -0.1) is 0 Å². The Hall–Kier alpha value is -1.55. The molecule has 3 aliphatic heterocycles. The van der Waals surface area contributed by atoms with Crippen LogP contribution in [-0.4, -0.2) is 99.0 Å². The second-order valence-corrected chi connectivity index (χ2v) is 20.0. The summed E-state index contributed by atoms with van der Waals surface area (Å²) in [6.45, 7) is 37.9. The summed E-state index contributed by atoms with van der Waals surface area (Å²) in [6.07, 6.45) is 9.33. The van der Waals surface area contributed by atoms with E-state index in [-0.39, 0.29) is 33.1 Å². The molecular weight excluding hydrogens is 596 g/mol. The number of anilines is 2. The maximum atomic E-state index is 5.67. The van der Waals surface area contributed by atoms with Crippen LogP contribution < -0.4 is 20.4 Å². The van der Waals surface area contributed by atoms with Crippen molar-refractivity contribution >= 4 is 11.9 Å². The number of rotatable bonds is 11. The van der Waals surface area contributed by atoms with Crippen LogP contribution in [0.4, 0.5) is 11.9 Å². The Kier molecular flexibility index (Phi) is 11.9. The normalized spacial score (nSPS) is 23.4. The van der Waals surface area contributed by atoms with Gasteiger partial charge in [-0.3, -0.25) is 4.90 Å². The smallest absolute Gasteiger partial charge is 0.230 e. The Labute approximate surface area is 295 Å². The molecule has 0 bridgehead atoms. The van der Waals surface area contributed by atoms with Crippen molar-refractivity contribution in [2.75, 3.05) is 49.2 Å². The average molecular weight is 671 g/mol. The molecule has 3 aliphatic rings. The van der Waals surface area contributed by atoms with Gasteiger partial charge in [0.05, 0.1) is 13.2 Å². The number of ether oxygens (including phenoxy) is 1. The maximum Gasteiger partial charge on any atom is 0.230 e. The lowest BCUT2D eigenvalue weighted by Crippen LogP contribution is -2.64. The Bertz CT molecular complexity index is 1160. The molecule has 0 spiro atoms. The van der Waals surface area contributed by atoms with E-state index in [1.165, 1.54) is 32.1 Å². The molecule has 276 valence electrons. The zero-order valence-corrected chi connectivity index (χ0v) is 33.6.